The minimum atomic E-state index is -3.46. The highest BCUT2D eigenvalue weighted by Gasteiger charge is 2.22. The van der Waals surface area contributed by atoms with Crippen LogP contribution in [0.3, 0.4) is 0 Å². The van der Waals surface area contributed by atoms with Gasteiger partial charge in [0, 0.05) is 12.6 Å². The standard InChI is InChI=1S/C8H13N3O3S/c12-15(13,8-4-9-6-10-8)11-7-2-1-3-14-5-7/h4,6-7,11H,1-3,5H2,(H,9,10). The summed E-state index contributed by atoms with van der Waals surface area (Å²) < 4.78 is 31.2. The van der Waals surface area contributed by atoms with Crippen LogP contribution >= 0.6 is 0 Å². The predicted octanol–water partition coefficient (Wildman–Crippen LogP) is -0.133. The molecule has 1 saturated heterocycles. The third-order valence-electron chi connectivity index (χ3n) is 2.24. The molecule has 1 atom stereocenters. The van der Waals surface area contributed by atoms with Gasteiger partial charge in [-0.15, -0.1) is 0 Å². The molecule has 2 rings (SSSR count). The maximum atomic E-state index is 11.7. The molecular weight excluding hydrogens is 218 g/mol. The summed E-state index contributed by atoms with van der Waals surface area (Å²) in [4.78, 5) is 6.24. The van der Waals surface area contributed by atoms with Gasteiger partial charge in [-0.1, -0.05) is 0 Å². The number of hydrogen-bond acceptors (Lipinski definition) is 4. The Morgan fingerprint density at radius 2 is 2.47 bits per heavy atom. The summed E-state index contributed by atoms with van der Waals surface area (Å²) in [7, 11) is -3.46. The molecule has 6 nitrogen and oxygen atoms in total. The number of H-pyrrole nitrogens is 1. The summed E-state index contributed by atoms with van der Waals surface area (Å²) in [6.07, 6.45) is 4.32. The fourth-order valence-electron chi connectivity index (χ4n) is 1.51. The van der Waals surface area contributed by atoms with Gasteiger partial charge in [-0.2, -0.15) is 0 Å². The van der Waals surface area contributed by atoms with E-state index in [0.717, 1.165) is 12.8 Å². The molecule has 2 heterocycles. The molecule has 1 unspecified atom stereocenters. The Bertz CT molecular complexity index is 395. The lowest BCUT2D eigenvalue weighted by atomic mass is 10.1. The van der Waals surface area contributed by atoms with Crippen LogP contribution in [0.15, 0.2) is 17.6 Å². The van der Waals surface area contributed by atoms with Gasteiger partial charge in [0.1, 0.15) is 0 Å². The van der Waals surface area contributed by atoms with Crippen LogP contribution < -0.4 is 4.72 Å². The van der Waals surface area contributed by atoms with Crippen molar-refractivity contribution in [2.75, 3.05) is 13.2 Å². The summed E-state index contributed by atoms with van der Waals surface area (Å²) in [6, 6.07) is -0.132. The van der Waals surface area contributed by atoms with Crippen molar-refractivity contribution >= 4 is 10.0 Å². The monoisotopic (exact) mass is 231 g/mol. The zero-order valence-electron chi connectivity index (χ0n) is 8.14. The van der Waals surface area contributed by atoms with Crippen LogP contribution in [-0.2, 0) is 14.8 Å². The van der Waals surface area contributed by atoms with Crippen LogP contribution in [0, 0.1) is 0 Å². The molecule has 0 aromatic carbocycles. The third-order valence-corrected chi connectivity index (χ3v) is 3.69. The summed E-state index contributed by atoms with van der Waals surface area (Å²) in [5.41, 5.74) is 0. The van der Waals surface area contributed by atoms with Gasteiger partial charge in [-0.05, 0) is 12.8 Å². The van der Waals surface area contributed by atoms with E-state index in [1.165, 1.54) is 12.5 Å². The lowest BCUT2D eigenvalue weighted by Crippen LogP contribution is -2.40. The van der Waals surface area contributed by atoms with E-state index in [4.69, 9.17) is 4.74 Å². The number of nitrogens with zero attached hydrogens (tertiary/aromatic N) is 1. The van der Waals surface area contributed by atoms with Crippen LogP contribution in [-0.4, -0.2) is 37.6 Å². The lowest BCUT2D eigenvalue weighted by Gasteiger charge is -2.22. The van der Waals surface area contributed by atoms with Crippen molar-refractivity contribution in [3.8, 4) is 0 Å². The molecular formula is C8H13N3O3S. The van der Waals surface area contributed by atoms with Crippen molar-refractivity contribution in [3.05, 3.63) is 12.5 Å². The predicted molar refractivity (Wildman–Crippen MR) is 52.8 cm³/mol. The molecule has 1 aliphatic rings. The number of ether oxygens (including phenoxy) is 1. The van der Waals surface area contributed by atoms with Crippen molar-refractivity contribution in [3.63, 3.8) is 0 Å². The number of nitrogens with one attached hydrogen (secondary N) is 2. The Labute approximate surface area is 88.1 Å². The highest BCUT2D eigenvalue weighted by Crippen LogP contribution is 2.10. The maximum Gasteiger partial charge on any atom is 0.257 e. The molecule has 1 aromatic heterocycles. The summed E-state index contributed by atoms with van der Waals surface area (Å²) >= 11 is 0. The van der Waals surface area contributed by atoms with E-state index < -0.39 is 10.0 Å². The fourth-order valence-corrected chi connectivity index (χ4v) is 2.67. The second-order valence-corrected chi connectivity index (χ2v) is 5.13. The van der Waals surface area contributed by atoms with Crippen LogP contribution in [0.4, 0.5) is 0 Å². The largest absolute Gasteiger partial charge is 0.380 e. The third kappa shape index (κ3) is 2.55. The molecule has 0 saturated carbocycles. The maximum absolute atomic E-state index is 11.7. The van der Waals surface area contributed by atoms with Crippen molar-refractivity contribution < 1.29 is 13.2 Å². The first-order valence-corrected chi connectivity index (χ1v) is 6.25. The molecule has 0 radical (unpaired) electrons. The minimum absolute atomic E-state index is 0.0908. The Kier molecular flexibility index (Phi) is 3.03. The highest BCUT2D eigenvalue weighted by molar-refractivity contribution is 7.89. The van der Waals surface area contributed by atoms with Crippen LogP contribution in [0.2, 0.25) is 0 Å². The van der Waals surface area contributed by atoms with Gasteiger partial charge < -0.3 is 9.72 Å². The zero-order valence-corrected chi connectivity index (χ0v) is 8.96. The SMILES string of the molecule is O=S(=O)(NC1CCCOC1)c1cnc[nH]1. The minimum Gasteiger partial charge on any atom is -0.380 e. The Morgan fingerprint density at radius 1 is 1.60 bits per heavy atom. The second-order valence-electron chi connectivity index (χ2n) is 3.45. The number of sulfonamides is 1. The molecule has 1 fully saturated rings. The van der Waals surface area contributed by atoms with Gasteiger partial charge in [0.05, 0.1) is 19.1 Å². The van der Waals surface area contributed by atoms with E-state index in [2.05, 4.69) is 14.7 Å². The first-order valence-electron chi connectivity index (χ1n) is 4.77. The molecule has 2 N–H and O–H groups in total. The average molecular weight is 231 g/mol. The van der Waals surface area contributed by atoms with Crippen LogP contribution in [0.25, 0.3) is 0 Å². The molecule has 7 heteroatoms. The average Bonchev–Trinajstić information content (AvgIpc) is 2.71. The quantitative estimate of drug-likeness (QED) is 0.758. The first-order chi connectivity index (χ1) is 7.18. The normalized spacial score (nSPS) is 22.8. The van der Waals surface area contributed by atoms with Crippen molar-refractivity contribution in [2.45, 2.75) is 23.9 Å². The lowest BCUT2D eigenvalue weighted by molar-refractivity contribution is 0.0774. The van der Waals surface area contributed by atoms with E-state index >= 15 is 0 Å². The molecule has 0 bridgehead atoms. The van der Waals surface area contributed by atoms with Gasteiger partial charge in [0.15, 0.2) is 5.03 Å². The number of hydrogen-bond donors (Lipinski definition) is 2. The number of imidazole rings is 1. The Morgan fingerprint density at radius 3 is 3.07 bits per heavy atom. The smallest absolute Gasteiger partial charge is 0.257 e. The molecule has 1 aromatic rings. The molecule has 0 aliphatic carbocycles. The van der Waals surface area contributed by atoms with Gasteiger partial charge in [-0.3, -0.25) is 0 Å². The topological polar surface area (TPSA) is 84.1 Å². The van der Waals surface area contributed by atoms with Crippen molar-refractivity contribution in [1.82, 2.24) is 14.7 Å². The van der Waals surface area contributed by atoms with Crippen molar-refractivity contribution in [2.24, 2.45) is 0 Å². The molecule has 1 aliphatic heterocycles. The van der Waals surface area contributed by atoms with Gasteiger partial charge in [0.2, 0.25) is 0 Å². The molecule has 15 heavy (non-hydrogen) atoms. The first kappa shape index (κ1) is 10.6. The van der Waals surface area contributed by atoms with E-state index in [-0.39, 0.29) is 11.1 Å². The van der Waals surface area contributed by atoms with E-state index in [9.17, 15) is 8.42 Å². The van der Waals surface area contributed by atoms with E-state index in [1.807, 2.05) is 0 Å². The van der Waals surface area contributed by atoms with Crippen LogP contribution in [0.5, 0.6) is 0 Å². The van der Waals surface area contributed by atoms with Gasteiger partial charge in [0.25, 0.3) is 10.0 Å². The van der Waals surface area contributed by atoms with E-state index in [0.29, 0.717) is 13.2 Å². The van der Waals surface area contributed by atoms with E-state index in [1.54, 1.807) is 0 Å². The van der Waals surface area contributed by atoms with Crippen LogP contribution in [0.1, 0.15) is 12.8 Å². The zero-order chi connectivity index (χ0) is 10.7. The molecule has 0 amide bonds. The summed E-state index contributed by atoms with van der Waals surface area (Å²) in [5.74, 6) is 0. The summed E-state index contributed by atoms with van der Waals surface area (Å²) in [5, 5.41) is 0.0908. The molecule has 84 valence electrons. The van der Waals surface area contributed by atoms with Gasteiger partial charge >= 0.3 is 0 Å². The number of rotatable bonds is 3. The van der Waals surface area contributed by atoms with Gasteiger partial charge in [-0.25, -0.2) is 18.1 Å². The number of aromatic amines is 1. The second kappa shape index (κ2) is 4.30. The Balaban J connectivity index is 2.04. The Hall–Kier alpha value is -0.920. The van der Waals surface area contributed by atoms with Crippen molar-refractivity contribution in [1.29, 1.82) is 0 Å². The highest BCUT2D eigenvalue weighted by atomic mass is 32.2. The summed E-state index contributed by atoms with van der Waals surface area (Å²) in [6.45, 7) is 1.15. The molecule has 0 spiro atoms. The fraction of sp³-hybridized carbons (Fsp3) is 0.625. The number of aromatic nitrogens is 2.